The molecule has 0 saturated heterocycles. The van der Waals surface area contributed by atoms with Crippen LogP contribution >= 0.6 is 11.6 Å². The quantitative estimate of drug-likeness (QED) is 0.787. The minimum absolute atomic E-state index is 0.262. The van der Waals surface area contributed by atoms with Gasteiger partial charge in [0, 0.05) is 16.3 Å². The lowest BCUT2D eigenvalue weighted by molar-refractivity contribution is 0.102. The molecule has 0 radical (unpaired) electrons. The summed E-state index contributed by atoms with van der Waals surface area (Å²) in [5.41, 5.74) is 1.69. The highest BCUT2D eigenvalue weighted by Gasteiger charge is 2.13. The van der Waals surface area contributed by atoms with E-state index in [2.05, 4.69) is 20.8 Å². The van der Waals surface area contributed by atoms with Crippen molar-refractivity contribution in [2.45, 2.75) is 6.92 Å². The minimum atomic E-state index is -0.262. The highest BCUT2D eigenvalue weighted by atomic mass is 35.5. The van der Waals surface area contributed by atoms with E-state index in [-0.39, 0.29) is 5.91 Å². The number of tetrazole rings is 1. The lowest BCUT2D eigenvalue weighted by Gasteiger charge is -2.12. The summed E-state index contributed by atoms with van der Waals surface area (Å²) in [5.74, 6) is 0.930. The summed E-state index contributed by atoms with van der Waals surface area (Å²) in [5, 5.41) is 14.7. The minimum Gasteiger partial charge on any atom is -0.494 e. The van der Waals surface area contributed by atoms with E-state index in [1.807, 2.05) is 0 Å². The third-order valence-electron chi connectivity index (χ3n) is 3.38. The molecule has 0 atom stereocenters. The highest BCUT2D eigenvalue weighted by molar-refractivity contribution is 6.31. The lowest BCUT2D eigenvalue weighted by Crippen LogP contribution is -2.12. The van der Waals surface area contributed by atoms with Gasteiger partial charge in [-0.25, -0.2) is 0 Å². The van der Waals surface area contributed by atoms with E-state index in [1.54, 1.807) is 56.5 Å². The van der Waals surface area contributed by atoms with Gasteiger partial charge >= 0.3 is 0 Å². The second-order valence-electron chi connectivity index (χ2n) is 4.99. The number of methoxy groups -OCH3 is 1. The Bertz CT molecular complexity index is 894. The molecule has 0 spiro atoms. The van der Waals surface area contributed by atoms with Gasteiger partial charge in [-0.3, -0.25) is 4.79 Å². The van der Waals surface area contributed by atoms with Crippen LogP contribution in [0.25, 0.3) is 5.69 Å². The number of anilines is 1. The maximum atomic E-state index is 12.3. The number of aryl methyl sites for hydroxylation is 1. The molecule has 122 valence electrons. The fraction of sp³-hybridized carbons (Fsp3) is 0.125. The number of rotatable bonds is 4. The van der Waals surface area contributed by atoms with E-state index in [0.717, 1.165) is 0 Å². The number of hydrogen-bond acceptors (Lipinski definition) is 5. The van der Waals surface area contributed by atoms with E-state index in [0.29, 0.717) is 33.5 Å². The van der Waals surface area contributed by atoms with Crippen molar-refractivity contribution in [2.24, 2.45) is 0 Å². The van der Waals surface area contributed by atoms with Gasteiger partial charge in [-0.2, -0.15) is 4.68 Å². The number of carbonyl (C=O) groups is 1. The van der Waals surface area contributed by atoms with Gasteiger partial charge in [-0.15, -0.1) is 5.10 Å². The molecule has 3 rings (SSSR count). The number of ether oxygens (including phenoxy) is 1. The summed E-state index contributed by atoms with van der Waals surface area (Å²) in [6.45, 7) is 1.77. The molecule has 0 aliphatic carbocycles. The molecule has 1 amide bonds. The SMILES string of the molecule is COc1ccc(NC(=O)c2cccc(Cl)c2)cc1-n1nnnc1C. The molecule has 0 saturated carbocycles. The number of hydrogen-bond donors (Lipinski definition) is 1. The number of nitrogens with zero attached hydrogens (tertiary/aromatic N) is 4. The average Bonchev–Trinajstić information content (AvgIpc) is 3.00. The Labute approximate surface area is 143 Å². The van der Waals surface area contributed by atoms with Crippen LogP contribution < -0.4 is 10.1 Å². The van der Waals surface area contributed by atoms with Crippen LogP contribution in [0.5, 0.6) is 5.75 Å². The first-order valence-corrected chi connectivity index (χ1v) is 7.46. The predicted octanol–water partition coefficient (Wildman–Crippen LogP) is 2.89. The zero-order valence-corrected chi connectivity index (χ0v) is 13.8. The predicted molar refractivity (Wildman–Crippen MR) is 89.8 cm³/mol. The molecule has 0 fully saturated rings. The molecule has 1 N–H and O–H groups in total. The van der Waals surface area contributed by atoms with Crippen molar-refractivity contribution in [3.8, 4) is 11.4 Å². The normalized spacial score (nSPS) is 10.5. The summed E-state index contributed by atoms with van der Waals surface area (Å²) in [4.78, 5) is 12.3. The number of benzene rings is 2. The summed E-state index contributed by atoms with van der Waals surface area (Å²) < 4.78 is 6.87. The van der Waals surface area contributed by atoms with Gasteiger partial charge in [0.15, 0.2) is 5.82 Å². The standard InChI is InChI=1S/C16H14ClN5O2/c1-10-19-20-21-22(10)14-9-13(6-7-15(14)24-2)18-16(23)11-4-3-5-12(17)8-11/h3-9H,1-2H3,(H,18,23). The second-order valence-corrected chi connectivity index (χ2v) is 5.43. The van der Waals surface area contributed by atoms with E-state index in [1.165, 1.54) is 4.68 Å². The van der Waals surface area contributed by atoms with Crippen molar-refractivity contribution in [2.75, 3.05) is 12.4 Å². The van der Waals surface area contributed by atoms with Crippen molar-refractivity contribution < 1.29 is 9.53 Å². The molecular weight excluding hydrogens is 330 g/mol. The van der Waals surface area contributed by atoms with Gasteiger partial charge in [0.2, 0.25) is 0 Å². The smallest absolute Gasteiger partial charge is 0.255 e. The van der Waals surface area contributed by atoms with Crippen molar-refractivity contribution in [1.82, 2.24) is 20.2 Å². The van der Waals surface area contributed by atoms with Crippen LogP contribution in [-0.2, 0) is 0 Å². The molecule has 1 heterocycles. The van der Waals surface area contributed by atoms with Crippen LogP contribution in [0, 0.1) is 6.92 Å². The molecule has 3 aromatic rings. The topological polar surface area (TPSA) is 81.9 Å². The van der Waals surface area contributed by atoms with E-state index in [9.17, 15) is 4.79 Å². The Morgan fingerprint density at radius 2 is 2.08 bits per heavy atom. The Morgan fingerprint density at radius 3 is 2.75 bits per heavy atom. The van der Waals surface area contributed by atoms with Gasteiger partial charge < -0.3 is 10.1 Å². The average molecular weight is 344 g/mol. The fourth-order valence-corrected chi connectivity index (χ4v) is 2.41. The number of carbonyl (C=O) groups excluding carboxylic acids is 1. The van der Waals surface area contributed by atoms with Gasteiger partial charge in [0.05, 0.1) is 7.11 Å². The molecule has 0 bridgehead atoms. The summed E-state index contributed by atoms with van der Waals surface area (Å²) in [7, 11) is 1.56. The van der Waals surface area contributed by atoms with Crippen molar-refractivity contribution in [3.05, 3.63) is 58.9 Å². The van der Waals surface area contributed by atoms with Gasteiger partial charge in [-0.1, -0.05) is 17.7 Å². The second kappa shape index (κ2) is 6.67. The van der Waals surface area contributed by atoms with Crippen molar-refractivity contribution in [3.63, 3.8) is 0 Å². The Kier molecular flexibility index (Phi) is 4.43. The first-order chi connectivity index (χ1) is 11.6. The number of nitrogens with one attached hydrogen (secondary N) is 1. The number of halogens is 1. The molecule has 0 aliphatic heterocycles. The molecule has 1 aromatic heterocycles. The molecule has 0 aliphatic rings. The van der Waals surface area contributed by atoms with E-state index >= 15 is 0 Å². The lowest BCUT2D eigenvalue weighted by atomic mass is 10.2. The van der Waals surface area contributed by atoms with Gasteiger partial charge in [-0.05, 0) is 53.7 Å². The largest absolute Gasteiger partial charge is 0.494 e. The summed E-state index contributed by atoms with van der Waals surface area (Å²) in [6, 6.07) is 12.0. The molecule has 8 heteroatoms. The van der Waals surface area contributed by atoms with Crippen LogP contribution in [0.1, 0.15) is 16.2 Å². The Morgan fingerprint density at radius 1 is 1.25 bits per heavy atom. The van der Waals surface area contributed by atoms with Gasteiger partial charge in [0.25, 0.3) is 5.91 Å². The fourth-order valence-electron chi connectivity index (χ4n) is 2.22. The first kappa shape index (κ1) is 15.9. The third-order valence-corrected chi connectivity index (χ3v) is 3.61. The van der Waals surface area contributed by atoms with Crippen LogP contribution in [0.3, 0.4) is 0 Å². The molecule has 2 aromatic carbocycles. The van der Waals surface area contributed by atoms with E-state index in [4.69, 9.17) is 16.3 Å². The maximum Gasteiger partial charge on any atom is 0.255 e. The monoisotopic (exact) mass is 343 g/mol. The van der Waals surface area contributed by atoms with E-state index < -0.39 is 0 Å². The first-order valence-electron chi connectivity index (χ1n) is 7.09. The van der Waals surface area contributed by atoms with Crippen LogP contribution in [0.4, 0.5) is 5.69 Å². The third kappa shape index (κ3) is 3.21. The van der Waals surface area contributed by atoms with Crippen LogP contribution in [0.15, 0.2) is 42.5 Å². The van der Waals surface area contributed by atoms with Gasteiger partial charge in [0.1, 0.15) is 11.4 Å². The Hall–Kier alpha value is -2.93. The summed E-state index contributed by atoms with van der Waals surface area (Å²) >= 11 is 5.92. The Balaban J connectivity index is 1.92. The highest BCUT2D eigenvalue weighted by Crippen LogP contribution is 2.26. The molecular formula is C16H14ClN5O2. The number of amides is 1. The molecule has 24 heavy (non-hydrogen) atoms. The van der Waals surface area contributed by atoms with Crippen LogP contribution in [-0.4, -0.2) is 33.2 Å². The molecule has 0 unspecified atom stereocenters. The van der Waals surface area contributed by atoms with Crippen molar-refractivity contribution >= 4 is 23.2 Å². The maximum absolute atomic E-state index is 12.3. The van der Waals surface area contributed by atoms with Crippen molar-refractivity contribution in [1.29, 1.82) is 0 Å². The van der Waals surface area contributed by atoms with Crippen LogP contribution in [0.2, 0.25) is 5.02 Å². The zero-order valence-electron chi connectivity index (χ0n) is 13.0. The zero-order chi connectivity index (χ0) is 17.1. The number of aromatic nitrogens is 4. The molecule has 7 nitrogen and oxygen atoms in total. The summed E-state index contributed by atoms with van der Waals surface area (Å²) in [6.07, 6.45) is 0.